The van der Waals surface area contributed by atoms with Crippen molar-refractivity contribution in [2.45, 2.75) is 0 Å². The molecule has 6 heteroatoms. The maximum Gasteiger partial charge on any atom is 0.255 e. The quantitative estimate of drug-likeness (QED) is 0.728. The van der Waals surface area contributed by atoms with Crippen molar-refractivity contribution in [2.24, 2.45) is 0 Å². The molecule has 0 aliphatic rings. The Morgan fingerprint density at radius 3 is 1.77 bits per heavy atom. The van der Waals surface area contributed by atoms with Gasteiger partial charge in [0.25, 0.3) is 11.8 Å². The molecule has 130 valence electrons. The Balaban J connectivity index is 1.69. The van der Waals surface area contributed by atoms with Crippen molar-refractivity contribution in [3.8, 4) is 0 Å². The van der Waals surface area contributed by atoms with Crippen molar-refractivity contribution in [1.82, 2.24) is 0 Å². The van der Waals surface area contributed by atoms with Gasteiger partial charge in [-0.2, -0.15) is 0 Å². The number of benzene rings is 3. The molecule has 0 fully saturated rings. The summed E-state index contributed by atoms with van der Waals surface area (Å²) >= 11 is 0. The Bertz CT molecular complexity index is 922. The second-order valence-corrected chi connectivity index (χ2v) is 5.45. The molecule has 0 atom stereocenters. The van der Waals surface area contributed by atoms with E-state index in [1.54, 1.807) is 24.3 Å². The van der Waals surface area contributed by atoms with Crippen LogP contribution in [-0.4, -0.2) is 11.8 Å². The van der Waals surface area contributed by atoms with Crippen LogP contribution >= 0.6 is 0 Å². The first-order valence-electron chi connectivity index (χ1n) is 7.76. The number of halogens is 2. The van der Waals surface area contributed by atoms with Crippen molar-refractivity contribution >= 4 is 23.2 Å². The van der Waals surface area contributed by atoms with Gasteiger partial charge in [0.2, 0.25) is 0 Å². The molecule has 4 nitrogen and oxygen atoms in total. The highest BCUT2D eigenvalue weighted by molar-refractivity contribution is 6.06. The predicted octanol–water partition coefficient (Wildman–Crippen LogP) is 4.47. The second kappa shape index (κ2) is 7.57. The van der Waals surface area contributed by atoms with Crippen LogP contribution in [0.3, 0.4) is 0 Å². The van der Waals surface area contributed by atoms with E-state index in [1.165, 1.54) is 30.3 Å². The fourth-order valence-corrected chi connectivity index (χ4v) is 2.30. The standard InChI is InChI=1S/C20H14F2N2O2/c21-16-7-4-8-17(22)18(16)24-20(26)14-9-11-15(12-10-14)23-19(25)13-5-2-1-3-6-13/h1-12H,(H,23,25)(H,24,26). The van der Waals surface area contributed by atoms with E-state index in [9.17, 15) is 18.4 Å². The first kappa shape index (κ1) is 17.3. The van der Waals surface area contributed by atoms with E-state index in [1.807, 2.05) is 6.07 Å². The van der Waals surface area contributed by atoms with Crippen LogP contribution in [0.15, 0.2) is 72.8 Å². The fraction of sp³-hybridized carbons (Fsp3) is 0. The highest BCUT2D eigenvalue weighted by atomic mass is 19.1. The Morgan fingerprint density at radius 2 is 1.15 bits per heavy atom. The number of carbonyl (C=O) groups is 2. The minimum atomic E-state index is -0.856. The second-order valence-electron chi connectivity index (χ2n) is 5.45. The molecule has 26 heavy (non-hydrogen) atoms. The molecular formula is C20H14F2N2O2. The lowest BCUT2D eigenvalue weighted by molar-refractivity contribution is 0.101. The molecule has 3 aromatic rings. The van der Waals surface area contributed by atoms with Crippen molar-refractivity contribution < 1.29 is 18.4 Å². The van der Waals surface area contributed by atoms with Crippen molar-refractivity contribution in [3.05, 3.63) is 95.6 Å². The zero-order valence-corrected chi connectivity index (χ0v) is 13.5. The molecule has 0 aliphatic carbocycles. The average Bonchev–Trinajstić information content (AvgIpc) is 2.66. The number of anilines is 2. The molecule has 0 bridgehead atoms. The number of rotatable bonds is 4. The Kier molecular flexibility index (Phi) is 5.03. The summed E-state index contributed by atoms with van der Waals surface area (Å²) in [6.07, 6.45) is 0. The molecule has 3 rings (SSSR count). The van der Waals surface area contributed by atoms with Gasteiger partial charge in [-0.15, -0.1) is 0 Å². The lowest BCUT2D eigenvalue weighted by Crippen LogP contribution is -2.15. The normalized spacial score (nSPS) is 10.2. The number of hydrogen-bond acceptors (Lipinski definition) is 2. The minimum absolute atomic E-state index is 0.199. The summed E-state index contributed by atoms with van der Waals surface area (Å²) in [7, 11) is 0. The van der Waals surface area contributed by atoms with Crippen LogP contribution in [0.25, 0.3) is 0 Å². The first-order chi connectivity index (χ1) is 12.5. The van der Waals surface area contributed by atoms with E-state index in [0.29, 0.717) is 11.3 Å². The summed E-state index contributed by atoms with van der Waals surface area (Å²) in [6.45, 7) is 0. The van der Waals surface area contributed by atoms with Gasteiger partial charge >= 0.3 is 0 Å². The third kappa shape index (κ3) is 3.92. The zero-order valence-electron chi connectivity index (χ0n) is 13.5. The van der Waals surface area contributed by atoms with E-state index < -0.39 is 23.2 Å². The first-order valence-corrected chi connectivity index (χ1v) is 7.76. The summed E-state index contributed by atoms with van der Waals surface area (Å²) in [4.78, 5) is 24.2. The SMILES string of the molecule is O=C(Nc1ccc(C(=O)Nc2c(F)cccc2F)cc1)c1ccccc1. The molecule has 0 heterocycles. The van der Waals surface area contributed by atoms with Crippen molar-refractivity contribution in [2.75, 3.05) is 10.6 Å². The molecule has 0 saturated heterocycles. The van der Waals surface area contributed by atoms with Gasteiger partial charge in [-0.05, 0) is 48.5 Å². The van der Waals surface area contributed by atoms with Gasteiger partial charge in [-0.1, -0.05) is 24.3 Å². The van der Waals surface area contributed by atoms with E-state index in [2.05, 4.69) is 10.6 Å². The van der Waals surface area contributed by atoms with Crippen LogP contribution < -0.4 is 10.6 Å². The van der Waals surface area contributed by atoms with Gasteiger partial charge in [-0.25, -0.2) is 8.78 Å². The van der Waals surface area contributed by atoms with E-state index in [-0.39, 0.29) is 11.5 Å². The Hall–Kier alpha value is -3.54. The van der Waals surface area contributed by atoms with Crippen LogP contribution in [-0.2, 0) is 0 Å². The van der Waals surface area contributed by atoms with Crippen LogP contribution in [0.2, 0.25) is 0 Å². The maximum absolute atomic E-state index is 13.6. The van der Waals surface area contributed by atoms with Gasteiger partial charge in [0.1, 0.15) is 17.3 Å². The maximum atomic E-state index is 13.6. The van der Waals surface area contributed by atoms with E-state index in [4.69, 9.17) is 0 Å². The lowest BCUT2D eigenvalue weighted by atomic mass is 10.1. The number of amides is 2. The highest BCUT2D eigenvalue weighted by Crippen LogP contribution is 2.19. The largest absolute Gasteiger partial charge is 0.322 e. The lowest BCUT2D eigenvalue weighted by Gasteiger charge is -2.09. The van der Waals surface area contributed by atoms with Crippen LogP contribution in [0.4, 0.5) is 20.2 Å². The van der Waals surface area contributed by atoms with Gasteiger partial charge in [-0.3, -0.25) is 9.59 Å². The number of carbonyl (C=O) groups excluding carboxylic acids is 2. The summed E-state index contributed by atoms with van der Waals surface area (Å²) in [5.74, 6) is -2.65. The molecule has 0 radical (unpaired) electrons. The summed E-state index contributed by atoms with van der Waals surface area (Å²) in [6, 6.07) is 18.0. The van der Waals surface area contributed by atoms with E-state index in [0.717, 1.165) is 12.1 Å². The van der Waals surface area contributed by atoms with Gasteiger partial charge in [0, 0.05) is 16.8 Å². The molecule has 0 aromatic heterocycles. The number of nitrogens with one attached hydrogen (secondary N) is 2. The smallest absolute Gasteiger partial charge is 0.255 e. The Labute approximate surface area is 148 Å². The highest BCUT2D eigenvalue weighted by Gasteiger charge is 2.13. The summed E-state index contributed by atoms with van der Waals surface area (Å²) in [5, 5.41) is 4.91. The molecule has 0 spiro atoms. The molecule has 0 unspecified atom stereocenters. The van der Waals surface area contributed by atoms with Gasteiger partial charge in [0.15, 0.2) is 0 Å². The summed E-state index contributed by atoms with van der Waals surface area (Å²) < 4.78 is 27.2. The predicted molar refractivity (Wildman–Crippen MR) is 95.1 cm³/mol. The topological polar surface area (TPSA) is 58.2 Å². The molecule has 2 N–H and O–H groups in total. The molecule has 0 aliphatic heterocycles. The molecule has 2 amide bonds. The fourth-order valence-electron chi connectivity index (χ4n) is 2.30. The van der Waals surface area contributed by atoms with Crippen LogP contribution in [0.5, 0.6) is 0 Å². The number of hydrogen-bond donors (Lipinski definition) is 2. The van der Waals surface area contributed by atoms with Gasteiger partial charge < -0.3 is 10.6 Å². The van der Waals surface area contributed by atoms with Crippen molar-refractivity contribution in [1.29, 1.82) is 0 Å². The third-order valence-corrected chi connectivity index (χ3v) is 3.64. The molecular weight excluding hydrogens is 338 g/mol. The molecule has 3 aromatic carbocycles. The monoisotopic (exact) mass is 352 g/mol. The number of para-hydroxylation sites is 1. The van der Waals surface area contributed by atoms with Gasteiger partial charge in [0.05, 0.1) is 0 Å². The molecule has 0 saturated carbocycles. The Morgan fingerprint density at radius 1 is 0.615 bits per heavy atom. The average molecular weight is 352 g/mol. The van der Waals surface area contributed by atoms with E-state index >= 15 is 0 Å². The zero-order chi connectivity index (χ0) is 18.5. The summed E-state index contributed by atoms with van der Waals surface area (Å²) in [5.41, 5.74) is 0.696. The van der Waals surface area contributed by atoms with Crippen molar-refractivity contribution in [3.63, 3.8) is 0 Å². The minimum Gasteiger partial charge on any atom is -0.322 e. The third-order valence-electron chi connectivity index (χ3n) is 3.64. The van der Waals surface area contributed by atoms with Crippen LogP contribution in [0, 0.1) is 11.6 Å². The van der Waals surface area contributed by atoms with Crippen LogP contribution in [0.1, 0.15) is 20.7 Å².